The maximum atomic E-state index is 12.0. The van der Waals surface area contributed by atoms with E-state index >= 15 is 0 Å². The molecule has 14 heteroatoms. The summed E-state index contributed by atoms with van der Waals surface area (Å²) in [5.41, 5.74) is 5.06. The molecule has 0 atom stereocenters. The molecule has 396 valence electrons. The molecule has 14 nitrogen and oxygen atoms in total. The van der Waals surface area contributed by atoms with Gasteiger partial charge >= 0.3 is 0 Å². The van der Waals surface area contributed by atoms with Crippen molar-refractivity contribution in [3.05, 3.63) is 271 Å². The van der Waals surface area contributed by atoms with E-state index in [9.17, 15) is 60.0 Å². The van der Waals surface area contributed by atoms with Crippen molar-refractivity contribution in [1.82, 2.24) is 0 Å². The van der Waals surface area contributed by atoms with Crippen LogP contribution < -0.4 is 0 Å². The van der Waals surface area contributed by atoms with E-state index in [1.807, 2.05) is 30.3 Å². The molecule has 0 unspecified atom stereocenters. The van der Waals surface area contributed by atoms with Gasteiger partial charge in [-0.05, 0) is 52.1 Å². The first-order valence-electron chi connectivity index (χ1n) is 24.8. The van der Waals surface area contributed by atoms with Crippen LogP contribution >= 0.6 is 0 Å². The van der Waals surface area contributed by atoms with Gasteiger partial charge in [-0.3, -0.25) is 19.2 Å². The fraction of sp³-hybridized carbons (Fsp3) is 0.108. The first-order chi connectivity index (χ1) is 38.2. The van der Waals surface area contributed by atoms with Gasteiger partial charge in [-0.15, -0.1) is 0 Å². The number of aromatic hydroxyl groups is 8. The molecule has 8 bridgehead atoms. The third-order valence-corrected chi connectivity index (χ3v) is 14.1. The Labute approximate surface area is 453 Å². The summed E-state index contributed by atoms with van der Waals surface area (Å²) in [5.74, 6) is -8.00. The molecule has 0 aliphatic heterocycles. The van der Waals surface area contributed by atoms with Crippen molar-refractivity contribution in [1.29, 1.82) is 0 Å². The van der Waals surface area contributed by atoms with Crippen molar-refractivity contribution >= 4 is 25.1 Å². The van der Waals surface area contributed by atoms with Crippen molar-refractivity contribution in [3.63, 3.8) is 0 Å². The van der Waals surface area contributed by atoms with Crippen LogP contribution in [0.5, 0.6) is 46.0 Å². The van der Waals surface area contributed by atoms with Crippen LogP contribution in [0.2, 0.25) is 0 Å². The van der Waals surface area contributed by atoms with Crippen LogP contribution in [0.15, 0.2) is 176 Å². The Morgan fingerprint density at radius 3 is 0.759 bits per heavy atom. The molecule has 79 heavy (non-hydrogen) atoms. The molecular formula is C65H52O14. The lowest BCUT2D eigenvalue weighted by Gasteiger charge is -2.29. The molecule has 0 saturated carbocycles. The minimum absolute atomic E-state index is 0.110. The number of carbonyl (C=O) groups is 4. The van der Waals surface area contributed by atoms with Gasteiger partial charge in [0.1, 0.15) is 77.9 Å². The topological polar surface area (TPSA) is 249 Å². The Morgan fingerprint density at radius 2 is 0.557 bits per heavy atom. The highest BCUT2D eigenvalue weighted by atomic mass is 16.7. The number of hydrogen-bond donors (Lipinski definition) is 8. The Kier molecular flexibility index (Phi) is 16.0. The highest BCUT2D eigenvalue weighted by Crippen LogP contribution is 2.53. The SMILES string of the molecule is COCOCc1ccccc1.O=Cc1ccc(C2c3cc(c(O)cc3O)C(c3ccc(C=O)cc3)c3cc(c(O)cc3O)C(c3ccc(C=O)cc3)c3cc(c(O)cc3O)C(c3ccc(C=O)cc3)c3cc2c(O)cc3O)cc1. The van der Waals surface area contributed by atoms with Crippen molar-refractivity contribution in [2.75, 3.05) is 13.9 Å². The van der Waals surface area contributed by atoms with E-state index < -0.39 is 69.7 Å². The number of phenolic OH excluding ortho intramolecular Hbond substituents is 8. The zero-order valence-electron chi connectivity index (χ0n) is 42.3. The Balaban J connectivity index is 0.000000615. The molecular weight excluding hydrogens is 1000 g/mol. The predicted molar refractivity (Wildman–Crippen MR) is 293 cm³/mol. The van der Waals surface area contributed by atoms with Gasteiger partial charge in [0.15, 0.2) is 0 Å². The quantitative estimate of drug-likeness (QED) is 0.0322. The highest BCUT2D eigenvalue weighted by molar-refractivity contribution is 5.77. The lowest BCUT2D eigenvalue weighted by Crippen LogP contribution is -2.13. The second-order valence-electron chi connectivity index (χ2n) is 19.0. The summed E-state index contributed by atoms with van der Waals surface area (Å²) in [6.45, 7) is 0.976. The first-order valence-corrected chi connectivity index (χ1v) is 24.8. The smallest absolute Gasteiger partial charge is 0.150 e. The van der Waals surface area contributed by atoms with Crippen LogP contribution in [0.3, 0.4) is 0 Å². The number of aldehydes is 4. The summed E-state index contributed by atoms with van der Waals surface area (Å²) in [4.78, 5) is 47.4. The number of phenols is 8. The highest BCUT2D eigenvalue weighted by Gasteiger charge is 2.35. The molecule has 0 heterocycles. The number of carbonyl (C=O) groups excluding carboxylic acids is 4. The van der Waals surface area contributed by atoms with Gasteiger partial charge in [0.2, 0.25) is 0 Å². The molecule has 8 N–H and O–H groups in total. The molecule has 0 saturated heterocycles. The molecule has 0 amide bonds. The average Bonchev–Trinajstić information content (AvgIpc) is 3.48. The molecule has 0 aromatic heterocycles. The number of ether oxygens (including phenoxy) is 2. The van der Waals surface area contributed by atoms with E-state index in [2.05, 4.69) is 0 Å². The normalized spacial score (nSPS) is 15.5. The van der Waals surface area contributed by atoms with E-state index in [-0.39, 0.29) is 44.5 Å². The molecule has 0 spiro atoms. The molecule has 9 aromatic carbocycles. The van der Waals surface area contributed by atoms with E-state index in [0.717, 1.165) is 24.3 Å². The summed E-state index contributed by atoms with van der Waals surface area (Å²) >= 11 is 0. The van der Waals surface area contributed by atoms with Gasteiger partial charge in [-0.25, -0.2) is 0 Å². The Hall–Kier alpha value is -10.0. The Bertz CT molecular complexity index is 3140. The van der Waals surface area contributed by atoms with Crippen LogP contribution in [-0.2, 0) is 16.1 Å². The molecule has 10 rings (SSSR count). The van der Waals surface area contributed by atoms with Crippen molar-refractivity contribution < 1.29 is 69.5 Å². The molecule has 0 radical (unpaired) electrons. The van der Waals surface area contributed by atoms with Crippen molar-refractivity contribution in [3.8, 4) is 46.0 Å². The van der Waals surface area contributed by atoms with E-state index in [1.54, 1.807) is 104 Å². The van der Waals surface area contributed by atoms with Gasteiger partial charge in [-0.1, -0.05) is 127 Å². The second kappa shape index (κ2) is 23.5. The molecule has 0 fully saturated rings. The number of hydrogen-bond acceptors (Lipinski definition) is 14. The summed E-state index contributed by atoms with van der Waals surface area (Å²) in [6, 6.07) is 45.7. The number of rotatable bonds is 12. The monoisotopic (exact) mass is 1060 g/mol. The van der Waals surface area contributed by atoms with Gasteiger partial charge in [0.05, 0.1) is 6.61 Å². The van der Waals surface area contributed by atoms with Gasteiger partial charge in [0, 0.05) is 122 Å². The summed E-state index contributed by atoms with van der Waals surface area (Å²) in [5, 5.41) is 95.7. The van der Waals surface area contributed by atoms with Gasteiger partial charge in [-0.2, -0.15) is 0 Å². The largest absolute Gasteiger partial charge is 0.507 e. The zero-order valence-corrected chi connectivity index (χ0v) is 42.3. The number of benzene rings is 9. The fourth-order valence-corrected chi connectivity index (χ4v) is 10.3. The van der Waals surface area contributed by atoms with Gasteiger partial charge in [0.25, 0.3) is 0 Å². The minimum atomic E-state index is -1.13. The van der Waals surface area contributed by atoms with E-state index in [1.165, 1.54) is 29.8 Å². The Morgan fingerprint density at radius 1 is 0.329 bits per heavy atom. The van der Waals surface area contributed by atoms with Crippen molar-refractivity contribution in [2.24, 2.45) is 0 Å². The maximum absolute atomic E-state index is 12.0. The zero-order chi connectivity index (χ0) is 55.9. The summed E-state index contributed by atoms with van der Waals surface area (Å²) < 4.78 is 9.89. The van der Waals surface area contributed by atoms with Crippen LogP contribution in [0.4, 0.5) is 0 Å². The standard InChI is InChI=1S/C56H40O12.C9H12O2/c57-25-29-1-9-33(10-2-29)53-37-17-39(47(63)21-45(37)61)54(34-11-3-30(26-58)4-12-34)41-19-43(51(67)23-49(41)65)56(36-15-7-32(28-60)8-16-36)44-20-42(50(66)24-52(44)68)55(35-13-5-31(27-59)6-14-35)40-18-38(53)46(62)22-48(40)64;1-10-8-11-7-9-5-3-2-4-6-9/h1-28,53-56,61-68H;2-6H,7-8H2,1H3. The summed E-state index contributed by atoms with van der Waals surface area (Å²) in [7, 11) is 1.62. The first kappa shape index (κ1) is 53.8. The predicted octanol–water partition coefficient (Wildman–Crippen LogP) is 11.4. The van der Waals surface area contributed by atoms with Crippen LogP contribution in [0.1, 0.15) is 137 Å². The summed E-state index contributed by atoms with van der Waals surface area (Å²) in [6.07, 6.45) is 2.60. The van der Waals surface area contributed by atoms with Crippen molar-refractivity contribution in [2.45, 2.75) is 30.3 Å². The van der Waals surface area contributed by atoms with Crippen LogP contribution in [0, 0.1) is 0 Å². The van der Waals surface area contributed by atoms with Crippen LogP contribution in [-0.4, -0.2) is 79.9 Å². The fourth-order valence-electron chi connectivity index (χ4n) is 10.3. The third kappa shape index (κ3) is 11.1. The molecule has 9 aromatic rings. The maximum Gasteiger partial charge on any atom is 0.150 e. The minimum Gasteiger partial charge on any atom is -0.507 e. The van der Waals surface area contributed by atoms with E-state index in [4.69, 9.17) is 9.47 Å². The average molecular weight is 1060 g/mol. The number of fused-ring (bicyclic) bond motifs is 8. The van der Waals surface area contributed by atoms with Gasteiger partial charge < -0.3 is 50.3 Å². The molecule has 1 aliphatic rings. The van der Waals surface area contributed by atoms with E-state index in [0.29, 0.717) is 83.1 Å². The number of methoxy groups -OCH3 is 1. The second-order valence-corrected chi connectivity index (χ2v) is 19.0. The third-order valence-electron chi connectivity index (χ3n) is 14.1. The van der Waals surface area contributed by atoms with Crippen LogP contribution in [0.25, 0.3) is 0 Å². The lowest BCUT2D eigenvalue weighted by atomic mass is 9.75. The molecule has 1 aliphatic carbocycles. The lowest BCUT2D eigenvalue weighted by molar-refractivity contribution is -0.0390.